The molecule has 2 heterocycles. The average molecular weight is 346 g/mol. The molecule has 0 amide bonds. The molecule has 1 aromatic heterocycles. The van der Waals surface area contributed by atoms with Gasteiger partial charge in [0, 0.05) is 12.3 Å². The second-order valence-corrected chi connectivity index (χ2v) is 5.52. The van der Waals surface area contributed by atoms with E-state index in [-0.39, 0.29) is 29.6 Å². The first-order valence-corrected chi connectivity index (χ1v) is 7.20. The second kappa shape index (κ2) is 7.49. The van der Waals surface area contributed by atoms with Crippen molar-refractivity contribution in [2.24, 2.45) is 0 Å². The summed E-state index contributed by atoms with van der Waals surface area (Å²) in [6, 6.07) is 1.01. The minimum Gasteiger partial charge on any atom is -0.756 e. The number of phosphoric acid groups is 1. The van der Waals surface area contributed by atoms with E-state index in [1.807, 2.05) is 4.98 Å². The summed E-state index contributed by atoms with van der Waals surface area (Å²) in [6.07, 6.45) is -4.71. The Balaban J connectivity index is 0.00000242. The molecule has 1 saturated heterocycles. The molecule has 4 N–H and O–H groups in total. The number of rotatable bonds is 4. The first-order chi connectivity index (χ1) is 9.69. The van der Waals surface area contributed by atoms with Crippen LogP contribution < -0.4 is 45.7 Å². The number of hydrogen-bond donors (Lipinski definition) is 4. The zero-order chi connectivity index (χ0) is 15.8. The maximum Gasteiger partial charge on any atom is 1.00 e. The number of aliphatic hydroxyl groups excluding tert-OH is 2. The van der Waals surface area contributed by atoms with Gasteiger partial charge < -0.3 is 29.3 Å². The maximum absolute atomic E-state index is 11.6. The summed E-state index contributed by atoms with van der Waals surface area (Å²) in [7, 11) is -5.01. The Morgan fingerprint density at radius 3 is 2.59 bits per heavy atom. The van der Waals surface area contributed by atoms with Crippen LogP contribution in [0.25, 0.3) is 0 Å². The van der Waals surface area contributed by atoms with E-state index in [0.29, 0.717) is 0 Å². The van der Waals surface area contributed by atoms with Crippen molar-refractivity contribution in [1.29, 1.82) is 0 Å². The summed E-state index contributed by atoms with van der Waals surface area (Å²) < 4.78 is 20.5. The average Bonchev–Trinajstić information content (AvgIpc) is 2.64. The minimum atomic E-state index is -5.01. The number of H-pyrrole nitrogens is 1. The Hall–Kier alpha value is -0.330. The summed E-state index contributed by atoms with van der Waals surface area (Å²) in [5.74, 6) is 0. The van der Waals surface area contributed by atoms with E-state index < -0.39 is 50.2 Å². The predicted molar refractivity (Wildman–Crippen MR) is 63.0 cm³/mol. The minimum absolute atomic E-state index is 0. The van der Waals surface area contributed by atoms with Gasteiger partial charge in [0.25, 0.3) is 13.4 Å². The maximum atomic E-state index is 11.6. The quantitative estimate of drug-likeness (QED) is 0.305. The van der Waals surface area contributed by atoms with Gasteiger partial charge in [-0.3, -0.25) is 18.9 Å². The molecule has 0 spiro atoms. The molecule has 118 valence electrons. The number of hydrogen-bond acceptors (Lipinski definition) is 8. The van der Waals surface area contributed by atoms with Crippen molar-refractivity contribution in [3.63, 3.8) is 0 Å². The Morgan fingerprint density at radius 2 is 2.05 bits per heavy atom. The van der Waals surface area contributed by atoms with Crippen LogP contribution in [0.1, 0.15) is 6.23 Å². The van der Waals surface area contributed by atoms with Crippen LogP contribution in [0.4, 0.5) is 0 Å². The summed E-state index contributed by atoms with van der Waals surface area (Å²) in [5.41, 5.74) is -1.53. The van der Waals surface area contributed by atoms with Gasteiger partial charge in [-0.25, -0.2) is 4.79 Å². The van der Waals surface area contributed by atoms with Gasteiger partial charge in [-0.2, -0.15) is 0 Å². The number of ether oxygens (including phenoxy) is 1. The van der Waals surface area contributed by atoms with Crippen LogP contribution in [-0.2, 0) is 13.8 Å². The van der Waals surface area contributed by atoms with Crippen LogP contribution in [0.2, 0.25) is 0 Å². The van der Waals surface area contributed by atoms with Gasteiger partial charge in [0.1, 0.15) is 18.3 Å². The Kier molecular flexibility index (Phi) is 6.72. The van der Waals surface area contributed by atoms with Crippen molar-refractivity contribution >= 4 is 7.82 Å². The van der Waals surface area contributed by atoms with Crippen LogP contribution in [0, 0.1) is 0 Å². The number of nitrogens with zero attached hydrogens (tertiary/aromatic N) is 1. The van der Waals surface area contributed by atoms with E-state index in [1.54, 1.807) is 0 Å². The van der Waals surface area contributed by atoms with Gasteiger partial charge in [0.15, 0.2) is 6.23 Å². The number of nitrogens with one attached hydrogen (secondary N) is 1. The van der Waals surface area contributed by atoms with E-state index in [1.165, 1.54) is 0 Å². The second-order valence-electron chi connectivity index (χ2n) is 4.33. The van der Waals surface area contributed by atoms with Crippen molar-refractivity contribution in [3.05, 3.63) is 33.1 Å². The summed E-state index contributed by atoms with van der Waals surface area (Å²) in [5, 5.41) is 19.5. The van der Waals surface area contributed by atoms with Gasteiger partial charge >= 0.3 is 35.2 Å². The molecular formula is C9H12N2NaO9P. The summed E-state index contributed by atoms with van der Waals surface area (Å²) in [4.78, 5) is 43.4. The van der Waals surface area contributed by atoms with Gasteiger partial charge in [-0.05, 0) is 0 Å². The van der Waals surface area contributed by atoms with E-state index in [9.17, 15) is 29.3 Å². The molecule has 0 aromatic carbocycles. The standard InChI is InChI=1S/C9H13N2O9P.Na/c12-5-1-2-11(9(15)10-5)8-7(14)6(13)4(20-8)3-19-21(16,17)18;/h1-2,4,6-8,13-14H,3H2,(H,10,12,15)(H2,16,17,18);/q;+1/p-1/t4-,6+,7-,8-;/m1./s1. The van der Waals surface area contributed by atoms with Crippen LogP contribution >= 0.6 is 7.82 Å². The van der Waals surface area contributed by atoms with Crippen LogP contribution in [0.5, 0.6) is 0 Å². The molecule has 22 heavy (non-hydrogen) atoms. The van der Waals surface area contributed by atoms with Crippen molar-refractivity contribution in [2.45, 2.75) is 24.5 Å². The molecule has 5 atom stereocenters. The van der Waals surface area contributed by atoms with Gasteiger partial charge in [-0.15, -0.1) is 0 Å². The van der Waals surface area contributed by atoms with Gasteiger partial charge in [0.2, 0.25) is 0 Å². The Morgan fingerprint density at radius 1 is 1.41 bits per heavy atom. The van der Waals surface area contributed by atoms with E-state index in [4.69, 9.17) is 9.63 Å². The first-order valence-electron chi connectivity index (χ1n) is 5.70. The monoisotopic (exact) mass is 346 g/mol. The fraction of sp³-hybridized carbons (Fsp3) is 0.556. The SMILES string of the molecule is O=c1ccn([C@@H]2O[C@H](COP(=O)([O-])O)[C@H](O)[C@H]2O)c(=O)[nH]1.[Na+]. The summed E-state index contributed by atoms with van der Waals surface area (Å²) >= 11 is 0. The molecule has 2 rings (SSSR count). The van der Waals surface area contributed by atoms with Gasteiger partial charge in [0.05, 0.1) is 6.61 Å². The van der Waals surface area contributed by atoms with Crippen molar-refractivity contribution < 1.29 is 63.4 Å². The van der Waals surface area contributed by atoms with Crippen molar-refractivity contribution in [3.8, 4) is 0 Å². The molecule has 0 aliphatic carbocycles. The van der Waals surface area contributed by atoms with E-state index in [2.05, 4.69) is 4.52 Å². The molecule has 1 unspecified atom stereocenters. The van der Waals surface area contributed by atoms with Crippen LogP contribution in [0.15, 0.2) is 21.9 Å². The number of aromatic amines is 1. The van der Waals surface area contributed by atoms with E-state index >= 15 is 0 Å². The molecule has 13 heteroatoms. The molecule has 0 bridgehead atoms. The molecule has 1 aromatic rings. The van der Waals surface area contributed by atoms with Crippen molar-refractivity contribution in [1.82, 2.24) is 9.55 Å². The number of aromatic nitrogens is 2. The predicted octanol–water partition coefficient (Wildman–Crippen LogP) is -6.36. The van der Waals surface area contributed by atoms with Gasteiger partial charge in [-0.1, -0.05) is 0 Å². The molecule has 1 aliphatic heterocycles. The largest absolute Gasteiger partial charge is 1.00 e. The molecular weight excluding hydrogens is 334 g/mol. The fourth-order valence-corrected chi connectivity index (χ4v) is 2.23. The summed E-state index contributed by atoms with van der Waals surface area (Å²) in [6.45, 7) is -0.746. The molecule has 1 fully saturated rings. The molecule has 0 radical (unpaired) electrons. The molecule has 0 saturated carbocycles. The molecule has 1 aliphatic rings. The smallest absolute Gasteiger partial charge is 0.756 e. The van der Waals surface area contributed by atoms with Crippen molar-refractivity contribution in [2.75, 3.05) is 6.61 Å². The van der Waals surface area contributed by atoms with Crippen LogP contribution in [-0.4, -0.2) is 49.6 Å². The third-order valence-electron chi connectivity index (χ3n) is 2.86. The van der Waals surface area contributed by atoms with Crippen LogP contribution in [0.3, 0.4) is 0 Å². The zero-order valence-electron chi connectivity index (χ0n) is 11.4. The zero-order valence-corrected chi connectivity index (χ0v) is 14.3. The molecule has 11 nitrogen and oxygen atoms in total. The third-order valence-corrected chi connectivity index (χ3v) is 3.34. The number of aliphatic hydroxyl groups is 2. The van der Waals surface area contributed by atoms with E-state index in [0.717, 1.165) is 16.8 Å². The third kappa shape index (κ3) is 4.59. The number of phosphoric ester groups is 1. The Labute approximate surface area is 145 Å². The normalized spacial score (nSPS) is 30.5. The Bertz CT molecular complexity index is 670. The first kappa shape index (κ1) is 19.7. The topological polar surface area (TPSA) is 174 Å². The fourth-order valence-electron chi connectivity index (χ4n) is 1.89.